The fourth-order valence-electron chi connectivity index (χ4n) is 0. The zero-order valence-corrected chi connectivity index (χ0v) is 7.82. The van der Waals surface area contributed by atoms with Crippen molar-refractivity contribution in [2.24, 2.45) is 0 Å². The molecule has 0 aliphatic rings. The van der Waals surface area contributed by atoms with Gasteiger partial charge in [0.15, 0.2) is 0 Å². The number of hydrogen-bond donors (Lipinski definition) is 2. The molecule has 9 heteroatoms. The van der Waals surface area contributed by atoms with Gasteiger partial charge in [0.2, 0.25) is 0 Å². The van der Waals surface area contributed by atoms with Crippen molar-refractivity contribution in [3.05, 3.63) is 0 Å². The maximum atomic E-state index is 8.74. The van der Waals surface area contributed by atoms with Gasteiger partial charge in [0.05, 0.1) is 0 Å². The summed E-state index contributed by atoms with van der Waals surface area (Å²) in [6, 6.07) is 0. The van der Waals surface area contributed by atoms with E-state index in [0.29, 0.717) is 0 Å². The molecule has 0 aliphatic carbocycles. The van der Waals surface area contributed by atoms with E-state index in [1.54, 1.807) is 0 Å². The Kier molecular flexibility index (Phi) is 121. The Hall–Kier alpha value is 4.71. The second-order valence-electron chi connectivity index (χ2n) is 0.283. The minimum absolute atomic E-state index is 0. The van der Waals surface area contributed by atoms with Crippen molar-refractivity contribution in [3.8, 4) is 0 Å². The molecule has 0 saturated heterocycles. The van der Waals surface area contributed by atoms with Gasteiger partial charge in [0.1, 0.15) is 0 Å². The Morgan fingerprint density at radius 2 is 1.22 bits per heavy atom. The molecule has 0 spiro atoms. The van der Waals surface area contributed by atoms with Gasteiger partial charge in [-0.05, 0) is 0 Å². The third-order valence-electron chi connectivity index (χ3n) is 0. The summed E-state index contributed by atoms with van der Waals surface area (Å²) in [6.07, 6.45) is 0. The van der Waals surface area contributed by atoms with Crippen LogP contribution in [0.2, 0.25) is 0 Å². The molecule has 0 unspecified atom stereocenters. The first-order valence-electron chi connectivity index (χ1n) is 0.651. The van der Waals surface area contributed by atoms with E-state index in [9.17, 15) is 0 Å². The van der Waals surface area contributed by atoms with Crippen molar-refractivity contribution in [3.63, 3.8) is 0 Å². The monoisotopic (exact) mass is 306 g/mol. The molecule has 0 amide bonds. The van der Waals surface area contributed by atoms with Crippen molar-refractivity contribution in [1.29, 1.82) is 0 Å². The largest absolute Gasteiger partial charge is 0 e. The second kappa shape index (κ2) is 29.3. The van der Waals surface area contributed by atoms with Crippen molar-refractivity contribution in [2.45, 2.75) is 0 Å². The molecular formula is H6CaKLiO3SiTiZr. The molecule has 0 aromatic rings. The second-order valence-corrected chi connectivity index (χ2v) is 0.848. The zero-order valence-electron chi connectivity index (χ0n) is 2.80. The van der Waals surface area contributed by atoms with Gasteiger partial charge < -0.3 is 9.59 Å². The minimum Gasteiger partial charge on any atom is 0 e. The van der Waals surface area contributed by atoms with Crippen LogP contribution < -0.4 is 0 Å². The first kappa shape index (κ1) is 37.3. The molecule has 0 saturated carbocycles. The predicted molar refractivity (Wildman–Crippen MR) is 33.7 cm³/mol. The Bertz CT molecular complexity index is 46.8. The summed E-state index contributed by atoms with van der Waals surface area (Å²) < 4.78 is 8.74. The Morgan fingerprint density at radius 1 is 1.22 bits per heavy atom. The third-order valence-corrected chi connectivity index (χ3v) is 0. The molecule has 0 fully saturated rings. The average molecular weight is 307 g/mol. The summed E-state index contributed by atoms with van der Waals surface area (Å²) in [5, 5.41) is 0. The summed E-state index contributed by atoms with van der Waals surface area (Å²) in [5.74, 6) is 0. The molecule has 2 N–H and O–H groups in total. The number of rotatable bonds is 0. The van der Waals surface area contributed by atoms with Gasteiger partial charge in [-0.2, -0.15) is 0 Å². The molecule has 0 bridgehead atoms. The normalized spacial score (nSPS) is 2.67. The van der Waals surface area contributed by atoms with Crippen LogP contribution in [-0.2, 0) is 52.4 Å². The van der Waals surface area contributed by atoms with Crippen LogP contribution >= 0.6 is 0 Å². The molecule has 0 rings (SSSR count). The van der Waals surface area contributed by atoms with Gasteiger partial charge in [-0.3, -0.25) is 4.46 Å². The predicted octanol–water partition coefficient (Wildman–Crippen LogP) is -3.83. The molecule has 40 valence electrons. The molecule has 3 nitrogen and oxygen atoms in total. The maximum absolute atomic E-state index is 8.74. The van der Waals surface area contributed by atoms with Gasteiger partial charge in [0.25, 0.3) is 0 Å². The van der Waals surface area contributed by atoms with E-state index in [1.165, 1.54) is 0 Å². The molecule has 0 heterocycles. The van der Waals surface area contributed by atoms with E-state index in [0.717, 1.165) is 0 Å². The number of hydrogen-bond acceptors (Lipinski definition) is 1. The third kappa shape index (κ3) is 65.7. The van der Waals surface area contributed by atoms with E-state index in [-0.39, 0.29) is 156 Å². The standard InChI is InChI=1S/Ca.K.Li.H2O3Si.Ti.Zr.4H/c;;;1-4(2)3;;;;;;/h;;;1-2H;;;;;;. The topological polar surface area (TPSA) is 57.5 Å². The summed E-state index contributed by atoms with van der Waals surface area (Å²) in [4.78, 5) is 14.3. The van der Waals surface area contributed by atoms with Crippen LogP contribution in [0.15, 0.2) is 0 Å². The van der Waals surface area contributed by atoms with Crippen molar-refractivity contribution < 1.29 is 62.0 Å². The van der Waals surface area contributed by atoms with Gasteiger partial charge in [-0.1, -0.05) is 0 Å². The SMILES string of the molecule is O=[Si](O)O.[CaH2].[KH].[LiH].[Ti].[Zr]. The smallest absolute Gasteiger partial charge is 0 e. The van der Waals surface area contributed by atoms with Crippen LogP contribution in [0, 0.1) is 0 Å². The van der Waals surface area contributed by atoms with Gasteiger partial charge >= 0.3 is 117 Å². The molecule has 0 aromatic carbocycles. The zero-order chi connectivity index (χ0) is 3.58. The van der Waals surface area contributed by atoms with E-state index in [4.69, 9.17) is 14.1 Å². The van der Waals surface area contributed by atoms with Crippen LogP contribution in [0.4, 0.5) is 0 Å². The van der Waals surface area contributed by atoms with E-state index >= 15 is 0 Å². The molecule has 0 aromatic heterocycles. The fourth-order valence-corrected chi connectivity index (χ4v) is 0. The minimum atomic E-state index is -3.13. The van der Waals surface area contributed by atoms with Crippen molar-refractivity contribution in [2.75, 3.05) is 0 Å². The average Bonchev–Trinajstić information content (AvgIpc) is 0.811. The van der Waals surface area contributed by atoms with E-state index in [2.05, 4.69) is 0 Å². The molecule has 0 aliphatic heterocycles. The summed E-state index contributed by atoms with van der Waals surface area (Å²) in [5.41, 5.74) is 0. The van der Waals surface area contributed by atoms with Crippen LogP contribution in [-0.4, -0.2) is 127 Å². The molecular weight excluding hydrogens is 301 g/mol. The fraction of sp³-hybridized carbons (Fsp3) is 0. The first-order valence-corrected chi connectivity index (χ1v) is 1.95. The quantitative estimate of drug-likeness (QED) is 0.451. The van der Waals surface area contributed by atoms with Gasteiger partial charge in [-0.25, -0.2) is 0 Å². The summed E-state index contributed by atoms with van der Waals surface area (Å²) >= 11 is 0. The van der Waals surface area contributed by atoms with Crippen LogP contribution in [0.1, 0.15) is 0 Å². The van der Waals surface area contributed by atoms with Gasteiger partial charge in [-0.15, -0.1) is 0 Å². The Labute approximate surface area is 174 Å². The summed E-state index contributed by atoms with van der Waals surface area (Å²) in [7, 11) is -3.13. The first-order chi connectivity index (χ1) is 1.73. The van der Waals surface area contributed by atoms with E-state index in [1.807, 2.05) is 0 Å². The molecule has 0 radical (unpaired) electrons. The van der Waals surface area contributed by atoms with Crippen LogP contribution in [0.5, 0.6) is 0 Å². The molecule has 9 heavy (non-hydrogen) atoms. The van der Waals surface area contributed by atoms with Gasteiger partial charge in [0, 0.05) is 47.9 Å². The van der Waals surface area contributed by atoms with Crippen molar-refractivity contribution >= 4 is 117 Å². The Balaban J connectivity index is -0.00000000450. The maximum Gasteiger partial charge on any atom is 0 e. The van der Waals surface area contributed by atoms with E-state index < -0.39 is 9.17 Å². The Morgan fingerprint density at radius 3 is 1.22 bits per heavy atom. The summed E-state index contributed by atoms with van der Waals surface area (Å²) in [6.45, 7) is 0. The van der Waals surface area contributed by atoms with Crippen LogP contribution in [0.25, 0.3) is 0 Å². The van der Waals surface area contributed by atoms with Crippen molar-refractivity contribution in [1.82, 2.24) is 0 Å². The molecule has 0 atom stereocenters. The van der Waals surface area contributed by atoms with Crippen LogP contribution in [0.3, 0.4) is 0 Å².